The molecule has 0 aromatic carbocycles. The van der Waals surface area contributed by atoms with E-state index in [0.29, 0.717) is 15.9 Å². The molecule has 12 heteroatoms. The molecular formula is C10H11BrN8O3. The number of aliphatic hydroxyl groups is 2. The van der Waals surface area contributed by atoms with Gasteiger partial charge in [-0.1, -0.05) is 5.11 Å². The summed E-state index contributed by atoms with van der Waals surface area (Å²) in [6.07, 6.45) is -2.98. The largest absolute Gasteiger partial charge is 0.388 e. The van der Waals surface area contributed by atoms with Gasteiger partial charge in [0.25, 0.3) is 0 Å². The summed E-state index contributed by atoms with van der Waals surface area (Å²) in [5, 5.41) is 23.6. The number of nitrogens with zero attached hydrogens (tertiary/aromatic N) is 7. The van der Waals surface area contributed by atoms with Crippen LogP contribution in [-0.4, -0.2) is 54.6 Å². The molecule has 4 atom stereocenters. The first kappa shape index (κ1) is 14.9. The fraction of sp³-hybridized carbons (Fsp3) is 0.500. The lowest BCUT2D eigenvalue weighted by molar-refractivity contribution is -0.0334. The highest BCUT2D eigenvalue weighted by Gasteiger charge is 2.44. The number of nitrogens with two attached hydrogens (primary N) is 1. The first-order valence-electron chi connectivity index (χ1n) is 6.21. The zero-order valence-electron chi connectivity index (χ0n) is 11.0. The highest BCUT2D eigenvalue weighted by molar-refractivity contribution is 9.10. The number of imidazole rings is 1. The average Bonchev–Trinajstić information content (AvgIpc) is 2.97. The Morgan fingerprint density at radius 1 is 1.45 bits per heavy atom. The third kappa shape index (κ3) is 2.26. The fourth-order valence-electron chi connectivity index (χ4n) is 2.34. The summed E-state index contributed by atoms with van der Waals surface area (Å²) in [7, 11) is 0. The molecule has 4 N–H and O–H groups in total. The smallest absolute Gasteiger partial charge is 0.181 e. The average molecular weight is 371 g/mol. The van der Waals surface area contributed by atoms with Crippen molar-refractivity contribution in [2.75, 3.05) is 12.3 Å². The van der Waals surface area contributed by atoms with Gasteiger partial charge in [0.15, 0.2) is 27.9 Å². The van der Waals surface area contributed by atoms with Crippen LogP contribution in [0.5, 0.6) is 0 Å². The summed E-state index contributed by atoms with van der Waals surface area (Å²) in [5.41, 5.74) is 14.8. The van der Waals surface area contributed by atoms with Gasteiger partial charge in [-0.3, -0.25) is 4.57 Å². The van der Waals surface area contributed by atoms with Gasteiger partial charge in [-0.05, 0) is 21.5 Å². The van der Waals surface area contributed by atoms with Crippen molar-refractivity contribution in [3.8, 4) is 0 Å². The normalized spacial score (nSPS) is 28.0. The van der Waals surface area contributed by atoms with Crippen molar-refractivity contribution >= 4 is 32.9 Å². The minimum Gasteiger partial charge on any atom is -0.388 e. The molecule has 11 nitrogen and oxygen atoms in total. The van der Waals surface area contributed by atoms with Crippen LogP contribution in [0.15, 0.2) is 16.2 Å². The molecule has 0 amide bonds. The molecule has 0 radical (unpaired) electrons. The maximum Gasteiger partial charge on any atom is 0.181 e. The number of nitrogen functional groups attached to an aromatic ring is 1. The minimum absolute atomic E-state index is 0.105. The molecule has 1 aliphatic rings. The van der Waals surface area contributed by atoms with Crippen molar-refractivity contribution in [2.24, 2.45) is 5.11 Å². The number of hydrogen-bond donors (Lipinski definition) is 3. The van der Waals surface area contributed by atoms with Gasteiger partial charge in [0.1, 0.15) is 18.5 Å². The van der Waals surface area contributed by atoms with E-state index >= 15 is 0 Å². The van der Waals surface area contributed by atoms with Crippen molar-refractivity contribution in [1.82, 2.24) is 19.5 Å². The first-order chi connectivity index (χ1) is 10.5. The van der Waals surface area contributed by atoms with Gasteiger partial charge in [0.2, 0.25) is 0 Å². The molecule has 0 bridgehead atoms. The van der Waals surface area contributed by atoms with E-state index in [1.54, 1.807) is 0 Å². The number of anilines is 1. The van der Waals surface area contributed by atoms with Crippen LogP contribution in [0, 0.1) is 0 Å². The van der Waals surface area contributed by atoms with E-state index < -0.39 is 24.5 Å². The number of hydrogen-bond acceptors (Lipinski definition) is 8. The van der Waals surface area contributed by atoms with E-state index in [9.17, 15) is 10.2 Å². The molecule has 0 saturated carbocycles. The van der Waals surface area contributed by atoms with E-state index in [0.717, 1.165) is 0 Å². The Kier molecular flexibility index (Phi) is 3.85. The Bertz CT molecular complexity index is 760. The third-order valence-electron chi connectivity index (χ3n) is 3.38. The second kappa shape index (κ2) is 5.66. The zero-order valence-corrected chi connectivity index (χ0v) is 12.6. The summed E-state index contributed by atoms with van der Waals surface area (Å²) in [4.78, 5) is 14.7. The molecule has 3 heterocycles. The Hall–Kier alpha value is -1.98. The summed E-state index contributed by atoms with van der Waals surface area (Å²) >= 11 is 3.25. The standard InChI is InChI=1S/C10H11BrN8O3/c11-10-17-4-7(12)14-2-15-8(4)19(10)9-6(21)5(20)3(22-9)1-16-18-13/h2-3,5-6,9,20-21H,1H2,(H2,12,14,15). The van der Waals surface area contributed by atoms with Crippen LogP contribution < -0.4 is 5.73 Å². The van der Waals surface area contributed by atoms with Crippen molar-refractivity contribution < 1.29 is 14.9 Å². The maximum absolute atomic E-state index is 10.2. The number of ether oxygens (including phenoxy) is 1. The Balaban J connectivity index is 2.03. The van der Waals surface area contributed by atoms with E-state index in [-0.39, 0.29) is 12.4 Å². The van der Waals surface area contributed by atoms with Gasteiger partial charge >= 0.3 is 0 Å². The van der Waals surface area contributed by atoms with Crippen LogP contribution in [0.4, 0.5) is 5.82 Å². The number of rotatable bonds is 3. The second-order valence-corrected chi connectivity index (χ2v) is 5.35. The number of aromatic nitrogens is 4. The van der Waals surface area contributed by atoms with Crippen molar-refractivity contribution in [3.05, 3.63) is 21.5 Å². The number of fused-ring (bicyclic) bond motifs is 1. The molecule has 22 heavy (non-hydrogen) atoms. The quantitative estimate of drug-likeness (QED) is 0.297. The van der Waals surface area contributed by atoms with E-state index in [2.05, 4.69) is 40.9 Å². The first-order valence-corrected chi connectivity index (χ1v) is 7.00. The molecule has 3 rings (SSSR count). The highest BCUT2D eigenvalue weighted by Crippen LogP contribution is 2.35. The predicted octanol–water partition coefficient (Wildman–Crippen LogP) is 0.100. The monoisotopic (exact) mass is 370 g/mol. The molecule has 4 unspecified atom stereocenters. The van der Waals surface area contributed by atoms with Gasteiger partial charge in [-0.15, -0.1) is 0 Å². The third-order valence-corrected chi connectivity index (χ3v) is 3.94. The number of halogens is 1. The lowest BCUT2D eigenvalue weighted by Crippen LogP contribution is -2.32. The van der Waals surface area contributed by atoms with Crippen LogP contribution in [0.1, 0.15) is 6.23 Å². The lowest BCUT2D eigenvalue weighted by atomic mass is 10.1. The SMILES string of the molecule is [N-]=[N+]=NCC1OC(n2c(Br)nc3c(N)ncnc32)C(O)C1O. The fourth-order valence-corrected chi connectivity index (χ4v) is 2.88. The molecule has 116 valence electrons. The molecule has 0 aliphatic carbocycles. The molecule has 1 saturated heterocycles. The summed E-state index contributed by atoms with van der Waals surface area (Å²) in [6, 6.07) is 0. The lowest BCUT2D eigenvalue weighted by Gasteiger charge is -2.17. The Labute approximate surface area is 131 Å². The number of aliphatic hydroxyl groups excluding tert-OH is 2. The number of azide groups is 1. The van der Waals surface area contributed by atoms with Crippen LogP contribution in [-0.2, 0) is 4.74 Å². The van der Waals surface area contributed by atoms with Gasteiger partial charge in [0, 0.05) is 4.91 Å². The minimum atomic E-state index is -1.25. The van der Waals surface area contributed by atoms with Crippen LogP contribution in [0.3, 0.4) is 0 Å². The molecule has 2 aromatic heterocycles. The molecular weight excluding hydrogens is 360 g/mol. The highest BCUT2D eigenvalue weighted by atomic mass is 79.9. The molecule has 0 spiro atoms. The van der Waals surface area contributed by atoms with E-state index in [4.69, 9.17) is 16.0 Å². The predicted molar refractivity (Wildman–Crippen MR) is 77.4 cm³/mol. The van der Waals surface area contributed by atoms with Crippen LogP contribution >= 0.6 is 15.9 Å². The van der Waals surface area contributed by atoms with E-state index in [1.165, 1.54) is 10.9 Å². The van der Waals surface area contributed by atoms with Crippen LogP contribution in [0.25, 0.3) is 21.6 Å². The Morgan fingerprint density at radius 2 is 2.23 bits per heavy atom. The molecule has 1 fully saturated rings. The zero-order chi connectivity index (χ0) is 15.9. The maximum atomic E-state index is 10.2. The second-order valence-electron chi connectivity index (χ2n) is 4.64. The summed E-state index contributed by atoms with van der Waals surface area (Å²) < 4.78 is 7.36. The van der Waals surface area contributed by atoms with Crippen LogP contribution in [0.2, 0.25) is 0 Å². The van der Waals surface area contributed by atoms with E-state index in [1.807, 2.05) is 0 Å². The van der Waals surface area contributed by atoms with Crippen molar-refractivity contribution in [1.29, 1.82) is 0 Å². The van der Waals surface area contributed by atoms with Gasteiger partial charge in [-0.25, -0.2) is 15.0 Å². The summed E-state index contributed by atoms with van der Waals surface area (Å²) in [6.45, 7) is -0.105. The molecule has 2 aromatic rings. The Morgan fingerprint density at radius 3 is 2.95 bits per heavy atom. The summed E-state index contributed by atoms with van der Waals surface area (Å²) in [5.74, 6) is 0.183. The van der Waals surface area contributed by atoms with Gasteiger partial charge < -0.3 is 20.7 Å². The van der Waals surface area contributed by atoms with Gasteiger partial charge in [-0.2, -0.15) is 0 Å². The van der Waals surface area contributed by atoms with Crippen molar-refractivity contribution in [3.63, 3.8) is 0 Å². The van der Waals surface area contributed by atoms with Gasteiger partial charge in [0.05, 0.1) is 12.6 Å². The topological polar surface area (TPSA) is 168 Å². The molecule has 1 aliphatic heterocycles. The van der Waals surface area contributed by atoms with Crippen molar-refractivity contribution in [2.45, 2.75) is 24.5 Å².